The summed E-state index contributed by atoms with van der Waals surface area (Å²) in [6, 6.07) is 10.6. The number of rotatable bonds is 8. The van der Waals surface area contributed by atoms with E-state index in [1.807, 2.05) is 58.1 Å². The number of likely N-dealkylation sites (tertiary alicyclic amines) is 1. The van der Waals surface area contributed by atoms with Crippen LogP contribution in [0.2, 0.25) is 0 Å². The van der Waals surface area contributed by atoms with Crippen molar-refractivity contribution in [3.05, 3.63) is 52.9 Å². The Morgan fingerprint density at radius 2 is 1.77 bits per heavy atom. The van der Waals surface area contributed by atoms with E-state index >= 15 is 0 Å². The number of aryl methyl sites for hydroxylation is 1. The topological polar surface area (TPSA) is 121 Å². The van der Waals surface area contributed by atoms with Crippen LogP contribution in [0.1, 0.15) is 83.4 Å². The van der Waals surface area contributed by atoms with E-state index in [1.54, 1.807) is 21.1 Å². The van der Waals surface area contributed by atoms with Crippen LogP contribution in [0.5, 0.6) is 0 Å². The summed E-state index contributed by atoms with van der Waals surface area (Å²) in [6.07, 6.45) is 2.10. The van der Waals surface area contributed by atoms with Gasteiger partial charge in [0.1, 0.15) is 17.8 Å². The summed E-state index contributed by atoms with van der Waals surface area (Å²) >= 11 is 1.70. The molecule has 0 saturated carbocycles. The predicted molar refractivity (Wildman–Crippen MR) is 185 cm³/mol. The highest BCUT2D eigenvalue weighted by molar-refractivity contribution is 7.13. The number of anilines is 1. The second-order valence-corrected chi connectivity index (χ2v) is 14.4. The van der Waals surface area contributed by atoms with Crippen molar-refractivity contribution >= 4 is 35.4 Å². The van der Waals surface area contributed by atoms with Gasteiger partial charge in [0.25, 0.3) is 0 Å². The van der Waals surface area contributed by atoms with Gasteiger partial charge in [0.05, 0.1) is 22.1 Å². The first-order valence-electron chi connectivity index (χ1n) is 16.5. The number of piperazine rings is 1. The van der Waals surface area contributed by atoms with Crippen molar-refractivity contribution in [2.75, 3.05) is 44.7 Å². The molecule has 256 valence electrons. The first-order valence-corrected chi connectivity index (χ1v) is 17.3. The van der Waals surface area contributed by atoms with Crippen LogP contribution >= 0.6 is 11.3 Å². The van der Waals surface area contributed by atoms with E-state index in [2.05, 4.69) is 53.6 Å². The van der Waals surface area contributed by atoms with Gasteiger partial charge in [-0.3, -0.25) is 4.79 Å². The first kappa shape index (κ1) is 36.1. The Morgan fingerprint density at radius 3 is 2.32 bits per heavy atom. The number of amides is 2. The molecule has 12 heteroatoms. The monoisotopic (exact) mass is 666 g/mol. The number of thiazole rings is 1. The SMILES string of the molecule is CC(C)C(C(=O)N1CCCC1C=O)c1cc(N2CCN(C(=O)OC(C)(C)C)CC2)no1.CNC(C)c1ccc(-c2scnc2C)cc1. The van der Waals surface area contributed by atoms with Gasteiger partial charge in [0.2, 0.25) is 5.91 Å². The average Bonchev–Trinajstić information content (AvgIpc) is 3.82. The van der Waals surface area contributed by atoms with E-state index in [-0.39, 0.29) is 24.0 Å². The van der Waals surface area contributed by atoms with Crippen LogP contribution in [0.15, 0.2) is 40.4 Å². The minimum absolute atomic E-state index is 0.00483. The minimum atomic E-state index is -0.522. The lowest BCUT2D eigenvalue weighted by molar-refractivity contribution is -0.137. The number of nitrogens with one attached hydrogen (secondary N) is 1. The van der Waals surface area contributed by atoms with Gasteiger partial charge in [0.15, 0.2) is 11.6 Å². The Kier molecular flexibility index (Phi) is 12.2. The van der Waals surface area contributed by atoms with Gasteiger partial charge < -0.3 is 34.1 Å². The van der Waals surface area contributed by atoms with Gasteiger partial charge >= 0.3 is 6.09 Å². The number of nitrogens with zero attached hydrogens (tertiary/aromatic N) is 5. The molecular weight excluding hydrogens is 616 g/mol. The van der Waals surface area contributed by atoms with Gasteiger partial charge in [-0.1, -0.05) is 43.3 Å². The first-order chi connectivity index (χ1) is 22.3. The smallest absolute Gasteiger partial charge is 0.410 e. The number of aldehydes is 1. The van der Waals surface area contributed by atoms with Gasteiger partial charge in [-0.15, -0.1) is 11.3 Å². The largest absolute Gasteiger partial charge is 0.444 e. The molecule has 1 N–H and O–H groups in total. The second kappa shape index (κ2) is 15.9. The van der Waals surface area contributed by atoms with Gasteiger partial charge in [0, 0.05) is 44.8 Å². The summed E-state index contributed by atoms with van der Waals surface area (Å²) in [4.78, 5) is 47.7. The third-order valence-corrected chi connectivity index (χ3v) is 9.58. The molecule has 4 heterocycles. The molecule has 2 aliphatic heterocycles. The van der Waals surface area contributed by atoms with E-state index in [0.29, 0.717) is 56.8 Å². The van der Waals surface area contributed by atoms with Crippen LogP contribution in [0.3, 0.4) is 0 Å². The summed E-state index contributed by atoms with van der Waals surface area (Å²) in [5, 5.41) is 7.43. The van der Waals surface area contributed by atoms with Crippen molar-refractivity contribution in [2.45, 2.75) is 84.9 Å². The van der Waals surface area contributed by atoms with Crippen molar-refractivity contribution in [3.8, 4) is 10.4 Å². The van der Waals surface area contributed by atoms with Crippen LogP contribution in [-0.2, 0) is 14.3 Å². The van der Waals surface area contributed by atoms with E-state index < -0.39 is 11.5 Å². The molecule has 5 rings (SSSR count). The number of hydrogen-bond acceptors (Lipinski definition) is 10. The molecule has 11 nitrogen and oxygen atoms in total. The van der Waals surface area contributed by atoms with Crippen molar-refractivity contribution in [2.24, 2.45) is 5.92 Å². The molecule has 3 aromatic rings. The van der Waals surface area contributed by atoms with E-state index in [9.17, 15) is 14.4 Å². The minimum Gasteiger partial charge on any atom is -0.444 e. The number of ether oxygens (including phenoxy) is 1. The third-order valence-electron chi connectivity index (χ3n) is 8.60. The van der Waals surface area contributed by atoms with Crippen LogP contribution < -0.4 is 10.2 Å². The van der Waals surface area contributed by atoms with Crippen molar-refractivity contribution < 1.29 is 23.6 Å². The fourth-order valence-corrected chi connectivity index (χ4v) is 6.62. The molecule has 2 amide bonds. The summed E-state index contributed by atoms with van der Waals surface area (Å²) in [5.41, 5.74) is 5.06. The number of carbonyl (C=O) groups is 3. The maximum Gasteiger partial charge on any atom is 0.410 e. The van der Waals surface area contributed by atoms with Gasteiger partial charge in [-0.05, 0) is 71.6 Å². The highest BCUT2D eigenvalue weighted by Crippen LogP contribution is 2.32. The zero-order valence-electron chi connectivity index (χ0n) is 29.0. The van der Waals surface area contributed by atoms with Crippen LogP contribution in [0, 0.1) is 12.8 Å². The molecular formula is C35H50N6O5S. The third kappa shape index (κ3) is 9.19. The lowest BCUT2D eigenvalue weighted by Gasteiger charge is -2.35. The molecule has 1 aromatic carbocycles. The Bertz CT molecular complexity index is 1470. The summed E-state index contributed by atoms with van der Waals surface area (Å²) in [5.74, 6) is 0.615. The number of hydrogen-bond donors (Lipinski definition) is 1. The van der Waals surface area contributed by atoms with E-state index in [1.165, 1.54) is 16.0 Å². The van der Waals surface area contributed by atoms with Crippen molar-refractivity contribution in [1.29, 1.82) is 0 Å². The second-order valence-electron chi connectivity index (χ2n) is 13.5. The summed E-state index contributed by atoms with van der Waals surface area (Å²) in [7, 11) is 1.98. The lowest BCUT2D eigenvalue weighted by atomic mass is 9.91. The van der Waals surface area contributed by atoms with E-state index in [4.69, 9.17) is 9.26 Å². The highest BCUT2D eigenvalue weighted by Gasteiger charge is 2.37. The molecule has 2 fully saturated rings. The Morgan fingerprint density at radius 1 is 1.09 bits per heavy atom. The molecule has 0 aliphatic carbocycles. The molecule has 2 aliphatic rings. The van der Waals surface area contributed by atoms with Crippen LogP contribution in [-0.4, -0.2) is 89.6 Å². The average molecular weight is 667 g/mol. The van der Waals surface area contributed by atoms with Crippen LogP contribution in [0.25, 0.3) is 10.4 Å². The Hall–Kier alpha value is -3.77. The lowest BCUT2D eigenvalue weighted by Crippen LogP contribution is -2.50. The number of benzene rings is 1. The van der Waals surface area contributed by atoms with Crippen molar-refractivity contribution in [1.82, 2.24) is 25.3 Å². The molecule has 3 atom stereocenters. The molecule has 0 spiro atoms. The maximum absolute atomic E-state index is 13.2. The fraction of sp³-hybridized carbons (Fsp3) is 0.571. The maximum atomic E-state index is 13.2. The van der Waals surface area contributed by atoms with E-state index in [0.717, 1.165) is 18.4 Å². The Labute approximate surface area is 282 Å². The number of aromatic nitrogens is 2. The summed E-state index contributed by atoms with van der Waals surface area (Å²) in [6.45, 7) is 16.6. The predicted octanol–water partition coefficient (Wildman–Crippen LogP) is 6.06. The molecule has 3 unspecified atom stereocenters. The Balaban J connectivity index is 0.000000261. The molecule has 0 bridgehead atoms. The normalized spacial score (nSPS) is 18.1. The van der Waals surface area contributed by atoms with Crippen molar-refractivity contribution in [3.63, 3.8) is 0 Å². The van der Waals surface area contributed by atoms with Crippen LogP contribution in [0.4, 0.5) is 10.6 Å². The molecule has 0 radical (unpaired) electrons. The molecule has 2 aromatic heterocycles. The van der Waals surface area contributed by atoms with Gasteiger partial charge in [-0.25, -0.2) is 9.78 Å². The molecule has 47 heavy (non-hydrogen) atoms. The van der Waals surface area contributed by atoms with Gasteiger partial charge in [-0.2, -0.15) is 0 Å². The zero-order valence-corrected chi connectivity index (χ0v) is 29.8. The molecule has 2 saturated heterocycles. The zero-order chi connectivity index (χ0) is 34.3. The number of carbonyl (C=O) groups excluding carboxylic acids is 3. The highest BCUT2D eigenvalue weighted by atomic mass is 32.1. The summed E-state index contributed by atoms with van der Waals surface area (Å²) < 4.78 is 11.0. The standard InChI is InChI=1S/C22H34N4O5.C13H16N2S/c1-15(2)19(20(28)26-8-6-7-16(26)14-27)17-13-18(23-31-17)24-9-11-25(12-10-24)21(29)30-22(3,4)5;1-9(14-3)11-4-6-12(7-5-11)13-10(2)15-8-16-13/h13-16,19H,6-12H2,1-5H3;4-9,14H,1-3H3. The fourth-order valence-electron chi connectivity index (χ4n) is 5.81. The quantitative estimate of drug-likeness (QED) is 0.286.